The van der Waals surface area contributed by atoms with Crippen LogP contribution in [0.4, 0.5) is 11.6 Å². The van der Waals surface area contributed by atoms with E-state index in [9.17, 15) is 10.1 Å². The Bertz CT molecular complexity index is 1050. The first-order valence-corrected chi connectivity index (χ1v) is 7.99. The van der Waals surface area contributed by atoms with Crippen LogP contribution in [-0.4, -0.2) is 27.9 Å². The van der Waals surface area contributed by atoms with Crippen LogP contribution in [0.5, 0.6) is 0 Å². The number of benzene rings is 2. The second kappa shape index (κ2) is 6.93. The molecule has 1 aromatic heterocycles. The molecule has 3 aromatic rings. The Morgan fingerprint density at radius 2 is 2.04 bits per heavy atom. The van der Waals surface area contributed by atoms with Crippen molar-refractivity contribution in [2.24, 2.45) is 10.7 Å². The van der Waals surface area contributed by atoms with E-state index in [4.69, 9.17) is 17.3 Å². The van der Waals surface area contributed by atoms with Gasteiger partial charge in [0.15, 0.2) is 5.96 Å². The average molecular weight is 371 g/mol. The molecule has 0 amide bonds. The molecular formula is C17H15ClN6O2. The molecule has 0 spiro atoms. The van der Waals surface area contributed by atoms with Crippen LogP contribution < -0.4 is 11.1 Å². The molecule has 0 saturated carbocycles. The number of nitro groups is 1. The molecule has 1 heterocycles. The number of anilines is 1. The number of nitrogens with two attached hydrogens (primary N) is 1. The summed E-state index contributed by atoms with van der Waals surface area (Å²) in [6.07, 6.45) is 0. The summed E-state index contributed by atoms with van der Waals surface area (Å²) in [6, 6.07) is 10.0. The zero-order chi connectivity index (χ0) is 18.8. The van der Waals surface area contributed by atoms with E-state index in [0.717, 1.165) is 5.56 Å². The quantitative estimate of drug-likeness (QED) is 0.315. The molecule has 9 heteroatoms. The summed E-state index contributed by atoms with van der Waals surface area (Å²) in [6.45, 7) is 1.79. The van der Waals surface area contributed by atoms with Gasteiger partial charge in [0.05, 0.1) is 21.7 Å². The summed E-state index contributed by atoms with van der Waals surface area (Å²) >= 11 is 6.11. The van der Waals surface area contributed by atoms with Gasteiger partial charge < -0.3 is 5.73 Å². The fraction of sp³-hybridized carbons (Fsp3) is 0.118. The number of hydrogen-bond donors (Lipinski definition) is 2. The number of nitro benzene ring substituents is 1. The van der Waals surface area contributed by atoms with Crippen LogP contribution >= 0.6 is 11.6 Å². The Kier molecular flexibility index (Phi) is 4.68. The first-order valence-electron chi connectivity index (χ1n) is 7.61. The number of nitrogens with zero attached hydrogens (tertiary/aromatic N) is 4. The molecule has 3 N–H and O–H groups in total. The van der Waals surface area contributed by atoms with Gasteiger partial charge in [0.2, 0.25) is 5.95 Å². The number of halogens is 1. The summed E-state index contributed by atoms with van der Waals surface area (Å²) in [7, 11) is 1.52. The number of rotatable bonds is 3. The smallest absolute Gasteiger partial charge is 0.279 e. The Morgan fingerprint density at radius 1 is 1.27 bits per heavy atom. The van der Waals surface area contributed by atoms with Crippen molar-refractivity contribution < 1.29 is 4.92 Å². The van der Waals surface area contributed by atoms with Gasteiger partial charge in [-0.25, -0.2) is 9.97 Å². The van der Waals surface area contributed by atoms with E-state index < -0.39 is 4.92 Å². The van der Waals surface area contributed by atoms with Crippen LogP contribution in [0.15, 0.2) is 41.4 Å². The number of fused-ring (bicyclic) bond motifs is 1. The van der Waals surface area contributed by atoms with Crippen LogP contribution in [0.1, 0.15) is 5.56 Å². The average Bonchev–Trinajstić information content (AvgIpc) is 2.61. The fourth-order valence-electron chi connectivity index (χ4n) is 2.53. The zero-order valence-electron chi connectivity index (χ0n) is 14.0. The number of nitrogens with one attached hydrogen (secondary N) is 1. The molecule has 0 unspecified atom stereocenters. The van der Waals surface area contributed by atoms with Crippen LogP contribution in [0.25, 0.3) is 22.2 Å². The number of hydrogen-bond acceptors (Lipinski definition) is 5. The standard InChI is InChI=1S/C17H15ClN6O2/c1-9-3-5-11(14(7-9)24(25)26)15-12-8-10(18)4-6-13(12)21-17(22-15)23-16(19)20-2/h3-8H,1-2H3,(H3,19,20,21,22,23). The van der Waals surface area contributed by atoms with Gasteiger partial charge in [0, 0.05) is 23.5 Å². The van der Waals surface area contributed by atoms with Crippen molar-refractivity contribution in [3.8, 4) is 11.3 Å². The number of guanidine groups is 1. The highest BCUT2D eigenvalue weighted by Crippen LogP contribution is 2.35. The third-order valence-corrected chi connectivity index (χ3v) is 3.98. The number of aliphatic imine (C=N–C) groups is 1. The first-order chi connectivity index (χ1) is 12.4. The van der Waals surface area contributed by atoms with Crippen LogP contribution in [0.2, 0.25) is 5.02 Å². The maximum atomic E-state index is 11.5. The van der Waals surface area contributed by atoms with E-state index in [-0.39, 0.29) is 17.6 Å². The van der Waals surface area contributed by atoms with E-state index in [1.807, 2.05) is 0 Å². The molecule has 0 aliphatic carbocycles. The van der Waals surface area contributed by atoms with Crippen molar-refractivity contribution >= 4 is 40.1 Å². The van der Waals surface area contributed by atoms with Gasteiger partial charge in [0.25, 0.3) is 5.69 Å². The molecular weight excluding hydrogens is 356 g/mol. The van der Waals surface area contributed by atoms with Crippen LogP contribution in [0, 0.1) is 17.0 Å². The summed E-state index contributed by atoms with van der Waals surface area (Å²) in [5.41, 5.74) is 7.74. The van der Waals surface area contributed by atoms with Crippen molar-refractivity contribution in [2.75, 3.05) is 12.4 Å². The molecule has 8 nitrogen and oxygen atoms in total. The molecule has 2 aromatic carbocycles. The fourth-order valence-corrected chi connectivity index (χ4v) is 2.70. The molecule has 0 radical (unpaired) electrons. The molecule has 26 heavy (non-hydrogen) atoms. The minimum absolute atomic E-state index is 0.0481. The lowest BCUT2D eigenvalue weighted by molar-refractivity contribution is -0.384. The van der Waals surface area contributed by atoms with Crippen molar-refractivity contribution in [1.29, 1.82) is 0 Å². The van der Waals surface area contributed by atoms with Crippen molar-refractivity contribution in [1.82, 2.24) is 9.97 Å². The van der Waals surface area contributed by atoms with Crippen molar-refractivity contribution in [3.63, 3.8) is 0 Å². The lowest BCUT2D eigenvalue weighted by Crippen LogP contribution is -2.23. The van der Waals surface area contributed by atoms with Crippen LogP contribution in [0.3, 0.4) is 0 Å². The third-order valence-electron chi connectivity index (χ3n) is 3.74. The summed E-state index contributed by atoms with van der Waals surface area (Å²) in [5.74, 6) is 0.315. The van der Waals surface area contributed by atoms with Gasteiger partial charge in [-0.15, -0.1) is 0 Å². The van der Waals surface area contributed by atoms with E-state index in [2.05, 4.69) is 20.3 Å². The molecule has 3 rings (SSSR count). The molecule has 0 fully saturated rings. The SMILES string of the molecule is CN=C(N)Nc1nc(-c2ccc(C)cc2[N+](=O)[O-])c2cc(Cl)ccc2n1. The molecule has 0 atom stereocenters. The summed E-state index contributed by atoms with van der Waals surface area (Å²) < 4.78 is 0. The predicted octanol–water partition coefficient (Wildman–Crippen LogP) is 3.52. The van der Waals surface area contributed by atoms with E-state index >= 15 is 0 Å². The van der Waals surface area contributed by atoms with Gasteiger partial charge in [-0.1, -0.05) is 17.7 Å². The second-order valence-corrected chi connectivity index (χ2v) is 6.01. The highest BCUT2D eigenvalue weighted by Gasteiger charge is 2.20. The zero-order valence-corrected chi connectivity index (χ0v) is 14.8. The second-order valence-electron chi connectivity index (χ2n) is 5.57. The highest BCUT2D eigenvalue weighted by atomic mass is 35.5. The minimum atomic E-state index is -0.435. The predicted molar refractivity (Wildman–Crippen MR) is 103 cm³/mol. The first kappa shape index (κ1) is 17.6. The van der Waals surface area contributed by atoms with Crippen LogP contribution in [-0.2, 0) is 0 Å². The van der Waals surface area contributed by atoms with E-state index in [1.165, 1.54) is 13.1 Å². The maximum Gasteiger partial charge on any atom is 0.279 e. The van der Waals surface area contributed by atoms with Gasteiger partial charge >= 0.3 is 0 Å². The lowest BCUT2D eigenvalue weighted by Gasteiger charge is -2.11. The van der Waals surface area contributed by atoms with Gasteiger partial charge in [0.1, 0.15) is 0 Å². The Balaban J connectivity index is 2.33. The van der Waals surface area contributed by atoms with Crippen molar-refractivity contribution in [3.05, 3.63) is 57.1 Å². The maximum absolute atomic E-state index is 11.5. The Hall–Kier alpha value is -3.26. The number of aromatic nitrogens is 2. The Labute approximate surface area is 153 Å². The number of aryl methyl sites for hydroxylation is 1. The highest BCUT2D eigenvalue weighted by molar-refractivity contribution is 6.31. The molecule has 132 valence electrons. The molecule has 0 aliphatic rings. The summed E-state index contributed by atoms with van der Waals surface area (Å²) in [4.78, 5) is 23.7. The minimum Gasteiger partial charge on any atom is -0.370 e. The summed E-state index contributed by atoms with van der Waals surface area (Å²) in [5, 5.41) is 15.4. The monoisotopic (exact) mass is 370 g/mol. The Morgan fingerprint density at radius 3 is 2.73 bits per heavy atom. The molecule has 0 aliphatic heterocycles. The normalized spacial score (nSPS) is 11.6. The lowest BCUT2D eigenvalue weighted by atomic mass is 10.0. The third kappa shape index (κ3) is 3.40. The van der Waals surface area contributed by atoms with E-state index in [1.54, 1.807) is 37.3 Å². The van der Waals surface area contributed by atoms with E-state index in [0.29, 0.717) is 27.2 Å². The topological polar surface area (TPSA) is 119 Å². The van der Waals surface area contributed by atoms with Gasteiger partial charge in [-0.2, -0.15) is 0 Å². The van der Waals surface area contributed by atoms with Crippen molar-refractivity contribution in [2.45, 2.75) is 6.92 Å². The largest absolute Gasteiger partial charge is 0.370 e. The van der Waals surface area contributed by atoms with Gasteiger partial charge in [-0.3, -0.25) is 20.4 Å². The molecule has 0 bridgehead atoms. The van der Waals surface area contributed by atoms with Gasteiger partial charge in [-0.05, 0) is 36.8 Å². The molecule has 0 saturated heterocycles.